The van der Waals surface area contributed by atoms with Crippen molar-refractivity contribution in [1.82, 2.24) is 9.36 Å². The number of amides is 1. The van der Waals surface area contributed by atoms with Crippen LogP contribution in [-0.2, 0) is 11.8 Å². The quantitative estimate of drug-likeness (QED) is 0.682. The van der Waals surface area contributed by atoms with Gasteiger partial charge in [-0.25, -0.2) is 4.68 Å². The second-order valence-corrected chi connectivity index (χ2v) is 6.78. The lowest BCUT2D eigenvalue weighted by Crippen LogP contribution is -2.34. The van der Waals surface area contributed by atoms with Gasteiger partial charge in [0.05, 0.1) is 16.4 Å². The van der Waals surface area contributed by atoms with E-state index < -0.39 is 12.0 Å². The molecule has 6 nitrogen and oxygen atoms in total. The molecule has 0 spiro atoms. The van der Waals surface area contributed by atoms with Crippen molar-refractivity contribution in [2.24, 2.45) is 7.05 Å². The molecule has 3 rings (SSSR count). The molecular formula is C21H22ClN3O3. The van der Waals surface area contributed by atoms with Crippen molar-refractivity contribution in [2.45, 2.75) is 26.4 Å². The van der Waals surface area contributed by atoms with Gasteiger partial charge in [0.15, 0.2) is 6.10 Å². The first-order chi connectivity index (χ1) is 13.4. The van der Waals surface area contributed by atoms with Crippen LogP contribution >= 0.6 is 11.6 Å². The Morgan fingerprint density at radius 3 is 2.43 bits per heavy atom. The number of halogens is 1. The lowest BCUT2D eigenvalue weighted by Gasteiger charge is -2.17. The second kappa shape index (κ2) is 8.35. The summed E-state index contributed by atoms with van der Waals surface area (Å²) in [6, 6.07) is 16.2. The van der Waals surface area contributed by atoms with Gasteiger partial charge in [0.25, 0.3) is 11.5 Å². The zero-order chi connectivity index (χ0) is 20.3. The number of para-hydroxylation sites is 2. The highest BCUT2D eigenvalue weighted by Gasteiger charge is 2.24. The molecule has 7 heteroatoms. The normalized spacial score (nSPS) is 11.9. The van der Waals surface area contributed by atoms with Crippen LogP contribution in [-0.4, -0.2) is 21.4 Å². The van der Waals surface area contributed by atoms with Crippen LogP contribution in [0, 0.1) is 6.92 Å². The van der Waals surface area contributed by atoms with Crippen molar-refractivity contribution in [2.75, 3.05) is 5.32 Å². The number of aromatic nitrogens is 2. The highest BCUT2D eigenvalue weighted by atomic mass is 35.5. The lowest BCUT2D eigenvalue weighted by atomic mass is 10.2. The zero-order valence-electron chi connectivity index (χ0n) is 16.0. The Morgan fingerprint density at radius 2 is 1.79 bits per heavy atom. The Morgan fingerprint density at radius 1 is 1.14 bits per heavy atom. The van der Waals surface area contributed by atoms with Gasteiger partial charge in [0.1, 0.15) is 11.4 Å². The number of ether oxygens (including phenoxy) is 1. The molecule has 0 aliphatic heterocycles. The van der Waals surface area contributed by atoms with Gasteiger partial charge in [-0.05, 0) is 37.6 Å². The Balaban J connectivity index is 1.88. The van der Waals surface area contributed by atoms with E-state index in [1.165, 1.54) is 4.68 Å². The summed E-state index contributed by atoms with van der Waals surface area (Å²) in [5, 5.41) is 3.17. The largest absolute Gasteiger partial charge is 0.479 e. The molecule has 3 aromatic rings. The van der Waals surface area contributed by atoms with E-state index >= 15 is 0 Å². The van der Waals surface area contributed by atoms with Gasteiger partial charge in [0, 0.05) is 7.05 Å². The van der Waals surface area contributed by atoms with E-state index in [1.807, 2.05) is 37.3 Å². The van der Waals surface area contributed by atoms with Gasteiger partial charge < -0.3 is 10.1 Å². The number of nitrogens with one attached hydrogen (secondary N) is 1. The predicted octanol–water partition coefficient (Wildman–Crippen LogP) is 3.93. The molecule has 0 saturated carbocycles. The first-order valence-electron chi connectivity index (χ1n) is 9.00. The van der Waals surface area contributed by atoms with Crippen molar-refractivity contribution < 1.29 is 9.53 Å². The van der Waals surface area contributed by atoms with Crippen molar-refractivity contribution in [3.05, 3.63) is 75.7 Å². The molecule has 0 saturated heterocycles. The fraction of sp³-hybridized carbons (Fsp3) is 0.238. The fourth-order valence-electron chi connectivity index (χ4n) is 2.93. The van der Waals surface area contributed by atoms with Crippen LogP contribution in [0.3, 0.4) is 0 Å². The van der Waals surface area contributed by atoms with Crippen LogP contribution in [0.1, 0.15) is 19.0 Å². The fourth-order valence-corrected chi connectivity index (χ4v) is 3.11. The monoisotopic (exact) mass is 399 g/mol. The summed E-state index contributed by atoms with van der Waals surface area (Å²) >= 11 is 6.12. The molecule has 0 fully saturated rings. The van der Waals surface area contributed by atoms with Crippen molar-refractivity contribution in [1.29, 1.82) is 0 Å². The van der Waals surface area contributed by atoms with Gasteiger partial charge in [0.2, 0.25) is 0 Å². The number of carbonyl (C=O) groups is 1. The third-order valence-electron chi connectivity index (χ3n) is 4.57. The van der Waals surface area contributed by atoms with Crippen molar-refractivity contribution in [3.8, 4) is 11.4 Å². The Bertz CT molecular complexity index is 1040. The summed E-state index contributed by atoms with van der Waals surface area (Å²) in [5.74, 6) is 0.0334. The summed E-state index contributed by atoms with van der Waals surface area (Å²) in [7, 11) is 1.77. The number of anilines is 1. The third-order valence-corrected chi connectivity index (χ3v) is 4.88. The summed E-state index contributed by atoms with van der Waals surface area (Å²) in [6.45, 7) is 3.62. The maximum Gasteiger partial charge on any atom is 0.295 e. The van der Waals surface area contributed by atoms with Gasteiger partial charge in [-0.2, -0.15) is 0 Å². The van der Waals surface area contributed by atoms with E-state index in [4.69, 9.17) is 16.3 Å². The minimum atomic E-state index is -0.774. The predicted molar refractivity (Wildman–Crippen MR) is 111 cm³/mol. The van der Waals surface area contributed by atoms with Crippen LogP contribution in [0.4, 0.5) is 5.69 Å². The molecule has 2 aromatic carbocycles. The molecule has 146 valence electrons. The van der Waals surface area contributed by atoms with E-state index in [0.717, 1.165) is 5.69 Å². The van der Waals surface area contributed by atoms with Gasteiger partial charge in [-0.15, -0.1) is 0 Å². The maximum atomic E-state index is 12.9. The smallest absolute Gasteiger partial charge is 0.295 e. The van der Waals surface area contributed by atoms with E-state index in [2.05, 4.69) is 5.32 Å². The number of hydrogen-bond donors (Lipinski definition) is 1. The summed E-state index contributed by atoms with van der Waals surface area (Å²) < 4.78 is 9.00. The summed E-state index contributed by atoms with van der Waals surface area (Å²) in [5.41, 5.74) is 1.30. The topological polar surface area (TPSA) is 65.3 Å². The number of carbonyl (C=O) groups excluding carboxylic acids is 1. The van der Waals surface area contributed by atoms with Gasteiger partial charge in [-0.1, -0.05) is 48.9 Å². The lowest BCUT2D eigenvalue weighted by molar-refractivity contribution is -0.122. The standard InChI is InChI=1S/C21H22ClN3O3/c1-4-17(28-18-13-9-8-12-16(18)22)20(26)23-19-14(2)24(3)25(21(19)27)15-10-6-5-7-11-15/h5-13,17H,4H2,1-3H3,(H,23,26). The number of hydrogen-bond acceptors (Lipinski definition) is 3. The molecule has 0 radical (unpaired) electrons. The first kappa shape index (κ1) is 19.8. The molecule has 1 N–H and O–H groups in total. The molecule has 1 heterocycles. The second-order valence-electron chi connectivity index (χ2n) is 6.37. The molecule has 1 aromatic heterocycles. The minimum Gasteiger partial charge on any atom is -0.479 e. The van der Waals surface area contributed by atoms with Crippen LogP contribution in [0.2, 0.25) is 5.02 Å². The Kier molecular flexibility index (Phi) is 5.90. The van der Waals surface area contributed by atoms with Gasteiger partial charge >= 0.3 is 0 Å². The Labute approximate surface area is 168 Å². The van der Waals surface area contributed by atoms with E-state index in [-0.39, 0.29) is 11.2 Å². The molecule has 1 amide bonds. The van der Waals surface area contributed by atoms with Crippen molar-refractivity contribution >= 4 is 23.2 Å². The van der Waals surface area contributed by atoms with Crippen LogP contribution in [0.5, 0.6) is 5.75 Å². The van der Waals surface area contributed by atoms with Crippen LogP contribution < -0.4 is 15.6 Å². The molecule has 28 heavy (non-hydrogen) atoms. The zero-order valence-corrected chi connectivity index (χ0v) is 16.7. The van der Waals surface area contributed by atoms with E-state index in [9.17, 15) is 9.59 Å². The average Bonchev–Trinajstić information content (AvgIpc) is 2.91. The number of rotatable bonds is 6. The average molecular weight is 400 g/mol. The van der Waals surface area contributed by atoms with Crippen molar-refractivity contribution in [3.63, 3.8) is 0 Å². The molecule has 1 unspecified atom stereocenters. The summed E-state index contributed by atoms with van der Waals surface area (Å²) in [6.07, 6.45) is -0.348. The third kappa shape index (κ3) is 3.82. The molecule has 0 bridgehead atoms. The van der Waals surface area contributed by atoms with Crippen LogP contribution in [0.15, 0.2) is 59.4 Å². The molecule has 1 atom stereocenters. The van der Waals surface area contributed by atoms with E-state index in [1.54, 1.807) is 42.9 Å². The number of nitrogens with zero attached hydrogens (tertiary/aromatic N) is 2. The first-order valence-corrected chi connectivity index (χ1v) is 9.38. The highest BCUT2D eigenvalue weighted by molar-refractivity contribution is 6.32. The Hall–Kier alpha value is -2.99. The maximum absolute atomic E-state index is 12.9. The molecule has 0 aliphatic carbocycles. The molecular weight excluding hydrogens is 378 g/mol. The molecule has 0 aliphatic rings. The minimum absolute atomic E-state index is 0.234. The SMILES string of the molecule is CCC(Oc1ccccc1Cl)C(=O)Nc1c(C)n(C)n(-c2ccccc2)c1=O. The van der Waals surface area contributed by atoms with Gasteiger partial charge in [-0.3, -0.25) is 14.3 Å². The summed E-state index contributed by atoms with van der Waals surface area (Å²) in [4.78, 5) is 25.7. The highest BCUT2D eigenvalue weighted by Crippen LogP contribution is 2.25. The number of benzene rings is 2. The van der Waals surface area contributed by atoms with Crippen LogP contribution in [0.25, 0.3) is 5.69 Å². The van der Waals surface area contributed by atoms with E-state index in [0.29, 0.717) is 22.9 Å².